The quantitative estimate of drug-likeness (QED) is 0.0303. The molecule has 2 aromatic carbocycles. The molecule has 17 heteroatoms. The number of unbranched alkanes of at least 4 members (excludes halogenated alkanes) is 5. The van der Waals surface area contributed by atoms with E-state index in [-0.39, 0.29) is 28.8 Å². The normalized spacial score (nSPS) is 15.2. The van der Waals surface area contributed by atoms with Gasteiger partial charge in [0.05, 0.1) is 69.1 Å². The summed E-state index contributed by atoms with van der Waals surface area (Å²) in [5.74, 6) is -0.616. The molecule has 1 aliphatic rings. The lowest BCUT2D eigenvalue weighted by molar-refractivity contribution is -0.139. The summed E-state index contributed by atoms with van der Waals surface area (Å²) in [6.45, 7) is 18.5. The fraction of sp³-hybridized carbons (Fsp3) is 0.651. The zero-order chi connectivity index (χ0) is 43.8. The molecule has 6 N–H and O–H groups in total. The van der Waals surface area contributed by atoms with Gasteiger partial charge in [0.2, 0.25) is 5.91 Å². The summed E-state index contributed by atoms with van der Waals surface area (Å²) < 4.78 is 44.0. The van der Waals surface area contributed by atoms with Crippen molar-refractivity contribution in [2.24, 2.45) is 0 Å². The van der Waals surface area contributed by atoms with E-state index in [9.17, 15) is 18.6 Å². The minimum absolute atomic E-state index is 0.171. The summed E-state index contributed by atoms with van der Waals surface area (Å²) >= 11 is -0.611. The molecule has 1 saturated heterocycles. The number of hydrazine groups is 1. The number of rotatable bonds is 29. The van der Waals surface area contributed by atoms with E-state index in [2.05, 4.69) is 66.1 Å². The molecular formula is C43H70N6O9S2. The van der Waals surface area contributed by atoms with Crippen LogP contribution in [0.25, 0.3) is 0 Å². The van der Waals surface area contributed by atoms with Gasteiger partial charge in [0.1, 0.15) is 5.75 Å². The van der Waals surface area contributed by atoms with Crippen molar-refractivity contribution in [2.75, 3.05) is 79.8 Å². The minimum Gasteiger partial charge on any atom is -0.385 e. The zero-order valence-corrected chi connectivity index (χ0v) is 38.4. The highest BCUT2D eigenvalue weighted by Crippen LogP contribution is 2.31. The number of amides is 3. The number of carbonyl (C=O) groups is 3. The number of thioether (sulfide) groups is 1. The average Bonchev–Trinajstić information content (AvgIpc) is 3.18. The van der Waals surface area contributed by atoms with Gasteiger partial charge in [-0.15, -0.1) is 11.8 Å². The summed E-state index contributed by atoms with van der Waals surface area (Å²) in [6, 6.07) is 10.0. The Balaban J connectivity index is 1.30. The van der Waals surface area contributed by atoms with Crippen LogP contribution in [0.5, 0.6) is 5.75 Å². The Morgan fingerprint density at radius 2 is 1.35 bits per heavy atom. The van der Waals surface area contributed by atoms with Crippen molar-refractivity contribution >= 4 is 57.8 Å². The predicted molar refractivity (Wildman–Crippen MR) is 242 cm³/mol. The van der Waals surface area contributed by atoms with Crippen molar-refractivity contribution in [2.45, 2.75) is 117 Å². The van der Waals surface area contributed by atoms with E-state index in [0.29, 0.717) is 93.2 Å². The predicted octanol–water partition coefficient (Wildman–Crippen LogP) is 6.34. The maximum absolute atomic E-state index is 13.2. The van der Waals surface area contributed by atoms with Crippen LogP contribution >= 0.6 is 11.8 Å². The number of piperidine rings is 1. The molecule has 60 heavy (non-hydrogen) atoms. The van der Waals surface area contributed by atoms with Crippen LogP contribution in [0.15, 0.2) is 36.4 Å². The summed E-state index contributed by atoms with van der Waals surface area (Å²) in [5, 5.41) is 9.36. The first kappa shape index (κ1) is 50.9. The number of carbonyl (C=O) groups excluding carboxylic acids is 3. The summed E-state index contributed by atoms with van der Waals surface area (Å²) in [6.07, 6.45) is 8.88. The number of benzene rings is 2. The lowest BCUT2D eigenvalue weighted by Gasteiger charge is -2.46. The van der Waals surface area contributed by atoms with Crippen LogP contribution in [0.3, 0.4) is 0 Å². The molecule has 0 bridgehead atoms. The van der Waals surface area contributed by atoms with Gasteiger partial charge in [-0.3, -0.25) is 30.0 Å². The molecule has 0 saturated carbocycles. The van der Waals surface area contributed by atoms with E-state index in [4.69, 9.17) is 23.1 Å². The van der Waals surface area contributed by atoms with Gasteiger partial charge in [-0.05, 0) is 84.6 Å². The number of hydrogen-bond acceptors (Lipinski definition) is 12. The molecule has 0 aliphatic carbocycles. The molecule has 2 aromatic rings. The van der Waals surface area contributed by atoms with Gasteiger partial charge in [-0.2, -0.15) is 4.21 Å². The zero-order valence-electron chi connectivity index (χ0n) is 36.8. The molecule has 15 nitrogen and oxygen atoms in total. The maximum atomic E-state index is 13.2. The Kier molecular flexibility index (Phi) is 23.3. The number of nitrogens with one attached hydrogen (secondary N) is 6. The van der Waals surface area contributed by atoms with E-state index >= 15 is 0 Å². The van der Waals surface area contributed by atoms with Crippen molar-refractivity contribution in [3.05, 3.63) is 47.5 Å². The second-order valence-electron chi connectivity index (χ2n) is 16.2. The average molecular weight is 879 g/mol. The maximum Gasteiger partial charge on any atom is 0.327 e. The molecule has 0 spiro atoms. The van der Waals surface area contributed by atoms with Crippen LogP contribution in [0.4, 0.5) is 17.1 Å². The SMILES string of the molecule is CCCCCCCCOCCOCCOCCOCCSCC(=O)Nc1c(C)ccc(OS(=O)Nc2ccccc2NNC(=O)C(=O)NC2CC(C)(C)NC(C)(C)C2)c1C. The number of hydrogen-bond donors (Lipinski definition) is 6. The van der Waals surface area contributed by atoms with E-state index < -0.39 is 23.1 Å². The Bertz CT molecular complexity index is 1630. The number of aryl methyl sites for hydroxylation is 1. The van der Waals surface area contributed by atoms with Crippen LogP contribution in [-0.4, -0.2) is 103 Å². The van der Waals surface area contributed by atoms with Gasteiger partial charge in [-0.1, -0.05) is 57.2 Å². The van der Waals surface area contributed by atoms with Crippen LogP contribution in [0.2, 0.25) is 0 Å². The second-order valence-corrected chi connectivity index (χ2v) is 18.2. The van der Waals surface area contributed by atoms with Gasteiger partial charge in [0, 0.05) is 35.0 Å². The lowest BCUT2D eigenvalue weighted by Crippen LogP contribution is -2.63. The minimum atomic E-state index is -2.07. The molecule has 338 valence electrons. The van der Waals surface area contributed by atoms with Crippen molar-refractivity contribution in [1.82, 2.24) is 16.1 Å². The highest BCUT2D eigenvalue weighted by Gasteiger charge is 2.38. The Labute approximate surface area is 364 Å². The fourth-order valence-corrected chi connectivity index (χ4v) is 8.42. The van der Waals surface area contributed by atoms with E-state index in [1.165, 1.54) is 43.9 Å². The van der Waals surface area contributed by atoms with Gasteiger partial charge in [0.15, 0.2) is 0 Å². The van der Waals surface area contributed by atoms with E-state index in [0.717, 1.165) is 18.6 Å². The molecule has 0 radical (unpaired) electrons. The molecular weight excluding hydrogens is 809 g/mol. The van der Waals surface area contributed by atoms with Crippen molar-refractivity contribution in [3.8, 4) is 5.75 Å². The van der Waals surface area contributed by atoms with Crippen LogP contribution in [-0.2, 0) is 44.6 Å². The van der Waals surface area contributed by atoms with Crippen molar-refractivity contribution < 1.29 is 41.7 Å². The highest BCUT2D eigenvalue weighted by molar-refractivity contribution is 7.99. The number of ether oxygens (including phenoxy) is 4. The first-order valence-corrected chi connectivity index (χ1v) is 23.3. The van der Waals surface area contributed by atoms with Crippen molar-refractivity contribution in [1.29, 1.82) is 0 Å². The molecule has 1 aliphatic heterocycles. The molecule has 1 unspecified atom stereocenters. The van der Waals surface area contributed by atoms with Crippen LogP contribution < -0.4 is 35.7 Å². The second kappa shape index (κ2) is 27.5. The molecule has 0 aromatic heterocycles. The molecule has 1 atom stereocenters. The Hall–Kier alpha value is -3.45. The highest BCUT2D eigenvalue weighted by atomic mass is 32.2. The fourth-order valence-electron chi connectivity index (χ4n) is 7.04. The first-order chi connectivity index (χ1) is 28.7. The lowest BCUT2D eigenvalue weighted by atomic mass is 9.79. The molecule has 1 fully saturated rings. The summed E-state index contributed by atoms with van der Waals surface area (Å²) in [4.78, 5) is 38.3. The number of anilines is 3. The third-order valence-electron chi connectivity index (χ3n) is 9.58. The number of para-hydroxylation sites is 2. The Morgan fingerprint density at radius 1 is 0.767 bits per heavy atom. The first-order valence-electron chi connectivity index (χ1n) is 21.1. The topological polar surface area (TPSA) is 187 Å². The Morgan fingerprint density at radius 3 is 2.00 bits per heavy atom. The van der Waals surface area contributed by atoms with Crippen LogP contribution in [0, 0.1) is 13.8 Å². The van der Waals surface area contributed by atoms with Gasteiger partial charge >= 0.3 is 23.1 Å². The molecule has 1 heterocycles. The van der Waals surface area contributed by atoms with Gasteiger partial charge in [-0.25, -0.2) is 0 Å². The van der Waals surface area contributed by atoms with E-state index in [1.54, 1.807) is 43.3 Å². The van der Waals surface area contributed by atoms with Crippen molar-refractivity contribution in [3.63, 3.8) is 0 Å². The smallest absolute Gasteiger partial charge is 0.327 e. The molecule has 3 rings (SSSR count). The van der Waals surface area contributed by atoms with E-state index in [1.807, 2.05) is 6.92 Å². The van der Waals surface area contributed by atoms with Crippen LogP contribution in [0.1, 0.15) is 97.1 Å². The monoisotopic (exact) mass is 878 g/mol. The standard InChI is InChI=1S/C43H70N6O9S2/c1-8-9-10-11-12-15-20-54-21-22-55-23-24-56-25-26-57-27-28-59-31-38(50)45-39-32(2)18-19-37(33(39)3)58-60(53)48-36-17-14-13-16-35(36)46-47-41(52)40(51)44-34-29-42(4,5)49-43(6,7)30-34/h13-14,16-19,34,46,48-49H,8-12,15,20-31H2,1-7H3,(H,44,51)(H,45,50)(H,47,52). The summed E-state index contributed by atoms with van der Waals surface area (Å²) in [5.41, 5.74) is 7.49. The molecule has 3 amide bonds. The van der Waals surface area contributed by atoms with Gasteiger partial charge in [0.25, 0.3) is 0 Å². The largest absolute Gasteiger partial charge is 0.385 e. The van der Waals surface area contributed by atoms with Gasteiger partial charge < -0.3 is 39.1 Å². The third kappa shape index (κ3) is 20.4. The summed E-state index contributed by atoms with van der Waals surface area (Å²) in [7, 11) is 0. The third-order valence-corrected chi connectivity index (χ3v) is 11.2.